The molecule has 166 valence electrons. The minimum absolute atomic E-state index is 0.131. The van der Waals surface area contributed by atoms with Crippen LogP contribution in [-0.4, -0.2) is 45.2 Å². The molecule has 6 nitrogen and oxygen atoms in total. The van der Waals surface area contributed by atoms with Crippen LogP contribution >= 0.6 is 0 Å². The zero-order valence-electron chi connectivity index (χ0n) is 18.6. The molecule has 0 radical (unpaired) electrons. The molecule has 7 heteroatoms. The Balaban J connectivity index is 1.77. The third-order valence-corrected chi connectivity index (χ3v) is 6.58. The number of sulfone groups is 1. The minimum Gasteiger partial charge on any atom is -0.493 e. The largest absolute Gasteiger partial charge is 0.493 e. The van der Waals surface area contributed by atoms with Crippen molar-refractivity contribution in [3.8, 4) is 11.5 Å². The molecule has 0 N–H and O–H groups in total. The molecule has 0 fully saturated rings. The Bertz CT molecular complexity index is 1090. The highest BCUT2D eigenvalue weighted by Crippen LogP contribution is 2.35. The van der Waals surface area contributed by atoms with E-state index in [0.29, 0.717) is 6.61 Å². The van der Waals surface area contributed by atoms with Gasteiger partial charge in [0.25, 0.3) is 0 Å². The summed E-state index contributed by atoms with van der Waals surface area (Å²) >= 11 is 0. The molecule has 0 spiro atoms. The molecule has 1 aliphatic rings. The van der Waals surface area contributed by atoms with E-state index in [0.717, 1.165) is 34.6 Å². The van der Waals surface area contributed by atoms with Gasteiger partial charge in [-0.15, -0.1) is 0 Å². The van der Waals surface area contributed by atoms with Gasteiger partial charge in [0.2, 0.25) is 5.91 Å². The number of fused-ring (bicyclic) bond motifs is 1. The molecule has 1 heterocycles. The van der Waals surface area contributed by atoms with E-state index in [1.807, 2.05) is 32.9 Å². The maximum absolute atomic E-state index is 12.8. The minimum atomic E-state index is -3.25. The van der Waals surface area contributed by atoms with Crippen LogP contribution in [0.25, 0.3) is 6.08 Å². The van der Waals surface area contributed by atoms with Crippen molar-refractivity contribution >= 4 is 21.8 Å². The lowest BCUT2D eigenvalue weighted by atomic mass is 10.1. The Morgan fingerprint density at radius 1 is 1.29 bits per heavy atom. The van der Waals surface area contributed by atoms with Crippen LogP contribution in [-0.2, 0) is 21.1 Å². The molecule has 0 aliphatic carbocycles. The molecule has 2 aromatic carbocycles. The average Bonchev–Trinajstić information content (AvgIpc) is 3.09. The summed E-state index contributed by atoms with van der Waals surface area (Å²) in [5.74, 6) is 1.39. The number of carbonyl (C=O) groups is 1. The van der Waals surface area contributed by atoms with E-state index in [1.165, 1.54) is 12.3 Å². The molecule has 1 amide bonds. The van der Waals surface area contributed by atoms with Crippen molar-refractivity contribution in [2.75, 3.05) is 19.9 Å². The van der Waals surface area contributed by atoms with Crippen LogP contribution in [0.4, 0.5) is 0 Å². The normalized spacial score (nSPS) is 16.6. The molecule has 2 unspecified atom stereocenters. The number of benzene rings is 2. The predicted molar refractivity (Wildman–Crippen MR) is 121 cm³/mol. The molecular weight excluding hydrogens is 414 g/mol. The van der Waals surface area contributed by atoms with Gasteiger partial charge < -0.3 is 14.4 Å². The van der Waals surface area contributed by atoms with Crippen molar-refractivity contribution in [2.24, 2.45) is 0 Å². The first-order valence-corrected chi connectivity index (χ1v) is 12.2. The number of amides is 1. The van der Waals surface area contributed by atoms with Crippen molar-refractivity contribution in [1.29, 1.82) is 0 Å². The lowest BCUT2D eigenvalue weighted by Gasteiger charge is -2.24. The first-order valence-electron chi connectivity index (χ1n) is 10.3. The molecule has 1 aliphatic heterocycles. The third-order valence-electron chi connectivity index (χ3n) is 5.45. The second-order valence-corrected chi connectivity index (χ2v) is 9.88. The van der Waals surface area contributed by atoms with Crippen LogP contribution in [0, 0.1) is 0 Å². The fourth-order valence-electron chi connectivity index (χ4n) is 3.55. The van der Waals surface area contributed by atoms with Crippen LogP contribution in [0.15, 0.2) is 47.4 Å². The molecule has 2 atom stereocenters. The number of ether oxygens (including phenoxy) is 2. The number of hydrogen-bond donors (Lipinski definition) is 0. The third kappa shape index (κ3) is 5.28. The number of hydrogen-bond acceptors (Lipinski definition) is 5. The maximum atomic E-state index is 12.8. The van der Waals surface area contributed by atoms with Gasteiger partial charge >= 0.3 is 0 Å². The molecule has 0 saturated heterocycles. The van der Waals surface area contributed by atoms with Crippen LogP contribution in [0.1, 0.15) is 43.5 Å². The van der Waals surface area contributed by atoms with Crippen molar-refractivity contribution in [1.82, 2.24) is 4.90 Å². The Labute approximate surface area is 184 Å². The predicted octanol–water partition coefficient (Wildman–Crippen LogP) is 4.05. The van der Waals surface area contributed by atoms with Crippen molar-refractivity contribution < 1.29 is 22.7 Å². The summed E-state index contributed by atoms with van der Waals surface area (Å²) in [6.45, 7) is 6.38. The average molecular weight is 444 g/mol. The second kappa shape index (κ2) is 9.14. The highest BCUT2D eigenvalue weighted by molar-refractivity contribution is 7.90. The number of rotatable bonds is 7. The first-order chi connectivity index (χ1) is 14.6. The first kappa shape index (κ1) is 22.9. The van der Waals surface area contributed by atoms with E-state index >= 15 is 0 Å². The molecule has 2 aromatic rings. The zero-order valence-corrected chi connectivity index (χ0v) is 19.4. The zero-order chi connectivity index (χ0) is 22.8. The summed E-state index contributed by atoms with van der Waals surface area (Å²) in [7, 11) is -1.53. The van der Waals surface area contributed by atoms with Gasteiger partial charge in [-0.2, -0.15) is 0 Å². The van der Waals surface area contributed by atoms with Gasteiger partial charge in [-0.25, -0.2) is 8.42 Å². The van der Waals surface area contributed by atoms with Gasteiger partial charge in [0.05, 0.1) is 17.5 Å². The number of carbonyl (C=O) groups excluding carboxylic acids is 1. The molecule has 0 aromatic heterocycles. The monoisotopic (exact) mass is 443 g/mol. The Hall–Kier alpha value is -2.80. The van der Waals surface area contributed by atoms with E-state index in [9.17, 15) is 13.2 Å². The van der Waals surface area contributed by atoms with Crippen LogP contribution < -0.4 is 9.47 Å². The van der Waals surface area contributed by atoms with Crippen LogP contribution in [0.3, 0.4) is 0 Å². The lowest BCUT2D eigenvalue weighted by molar-refractivity contribution is -0.126. The Morgan fingerprint density at radius 3 is 2.58 bits per heavy atom. The summed E-state index contributed by atoms with van der Waals surface area (Å²) in [4.78, 5) is 14.7. The second-order valence-electron chi connectivity index (χ2n) is 7.86. The van der Waals surface area contributed by atoms with Gasteiger partial charge in [0.1, 0.15) is 17.6 Å². The number of likely N-dealkylation sites (N-methyl/N-ethyl adjacent to an activating group) is 1. The SMILES string of the molecule is CCOc1cc2c(cc1/C=C/C(=O)N(C)C(C)c1ccc(S(C)(=O)=O)cc1)OC(C)C2. The van der Waals surface area contributed by atoms with Gasteiger partial charge in [-0.1, -0.05) is 12.1 Å². The highest BCUT2D eigenvalue weighted by atomic mass is 32.2. The smallest absolute Gasteiger partial charge is 0.246 e. The van der Waals surface area contributed by atoms with Crippen LogP contribution in [0.5, 0.6) is 11.5 Å². The van der Waals surface area contributed by atoms with Gasteiger partial charge in [-0.05, 0) is 56.7 Å². The van der Waals surface area contributed by atoms with E-state index in [2.05, 4.69) is 0 Å². The van der Waals surface area contributed by atoms with E-state index in [4.69, 9.17) is 9.47 Å². The summed E-state index contributed by atoms with van der Waals surface area (Å²) < 4.78 is 34.9. The molecule has 31 heavy (non-hydrogen) atoms. The molecule has 3 rings (SSSR count). The van der Waals surface area contributed by atoms with Gasteiger partial charge in [-0.3, -0.25) is 4.79 Å². The molecular formula is C24H29NO5S. The number of nitrogens with zero attached hydrogens (tertiary/aromatic N) is 1. The summed E-state index contributed by atoms with van der Waals surface area (Å²) in [5, 5.41) is 0. The standard InChI is InChI=1S/C24H29NO5S/c1-6-29-22-15-20-13-16(2)30-23(20)14-19(22)9-12-24(26)25(4)17(3)18-7-10-21(11-8-18)31(5,27)28/h7-12,14-17H,6,13H2,1-5H3/b12-9+. The van der Waals surface area contributed by atoms with E-state index in [1.54, 1.807) is 42.3 Å². The summed E-state index contributed by atoms with van der Waals surface area (Å²) in [6.07, 6.45) is 5.41. The lowest BCUT2D eigenvalue weighted by Crippen LogP contribution is -2.28. The Kier molecular flexibility index (Phi) is 6.74. The van der Waals surface area contributed by atoms with Gasteiger partial charge in [0.15, 0.2) is 9.84 Å². The van der Waals surface area contributed by atoms with Crippen molar-refractivity contribution in [3.63, 3.8) is 0 Å². The molecule has 0 saturated carbocycles. The highest BCUT2D eigenvalue weighted by Gasteiger charge is 2.22. The maximum Gasteiger partial charge on any atom is 0.246 e. The fourth-order valence-corrected chi connectivity index (χ4v) is 4.18. The van der Waals surface area contributed by atoms with Gasteiger partial charge in [0, 0.05) is 36.9 Å². The van der Waals surface area contributed by atoms with E-state index in [-0.39, 0.29) is 22.9 Å². The Morgan fingerprint density at radius 2 is 1.97 bits per heavy atom. The van der Waals surface area contributed by atoms with Crippen LogP contribution in [0.2, 0.25) is 0 Å². The topological polar surface area (TPSA) is 72.9 Å². The summed E-state index contributed by atoms with van der Waals surface area (Å²) in [5.41, 5.74) is 2.76. The van der Waals surface area contributed by atoms with E-state index < -0.39 is 9.84 Å². The fraction of sp³-hybridized carbons (Fsp3) is 0.375. The van der Waals surface area contributed by atoms with Crippen molar-refractivity contribution in [3.05, 3.63) is 59.2 Å². The quantitative estimate of drug-likeness (QED) is 0.604. The van der Waals surface area contributed by atoms with Crippen molar-refractivity contribution in [2.45, 2.75) is 44.2 Å². The summed E-state index contributed by atoms with van der Waals surface area (Å²) in [6, 6.07) is 10.3. The molecule has 0 bridgehead atoms.